The van der Waals surface area contributed by atoms with Gasteiger partial charge in [-0.2, -0.15) is 0 Å². The van der Waals surface area contributed by atoms with Crippen molar-refractivity contribution in [3.05, 3.63) is 35.6 Å². The molecule has 1 saturated heterocycles. The van der Waals surface area contributed by atoms with Gasteiger partial charge in [-0.05, 0) is 6.07 Å². The maximum atomic E-state index is 13.4. The van der Waals surface area contributed by atoms with Crippen LogP contribution in [0.25, 0.3) is 0 Å². The SMILES string of the molecule is Fc1ccccc1COC1COC(C(Cl)(Cl)Cl)C1. The molecule has 0 radical (unpaired) electrons. The highest BCUT2D eigenvalue weighted by Crippen LogP contribution is 2.38. The van der Waals surface area contributed by atoms with Crippen molar-refractivity contribution in [1.82, 2.24) is 0 Å². The molecule has 1 aliphatic heterocycles. The van der Waals surface area contributed by atoms with E-state index in [1.807, 2.05) is 0 Å². The summed E-state index contributed by atoms with van der Waals surface area (Å²) in [6.45, 7) is 0.542. The molecule has 0 spiro atoms. The van der Waals surface area contributed by atoms with Crippen LogP contribution in [0.3, 0.4) is 0 Å². The van der Waals surface area contributed by atoms with E-state index in [2.05, 4.69) is 0 Å². The van der Waals surface area contributed by atoms with E-state index in [1.54, 1.807) is 18.2 Å². The van der Waals surface area contributed by atoms with Crippen molar-refractivity contribution < 1.29 is 13.9 Å². The molecular weight excluding hydrogens is 301 g/mol. The van der Waals surface area contributed by atoms with Crippen molar-refractivity contribution in [1.29, 1.82) is 0 Å². The number of ether oxygens (including phenoxy) is 2. The Morgan fingerprint density at radius 3 is 2.67 bits per heavy atom. The zero-order valence-corrected chi connectivity index (χ0v) is 11.7. The van der Waals surface area contributed by atoms with Gasteiger partial charge in [-0.3, -0.25) is 0 Å². The third-order valence-electron chi connectivity index (χ3n) is 2.76. The van der Waals surface area contributed by atoms with Crippen LogP contribution in [0.5, 0.6) is 0 Å². The quantitative estimate of drug-likeness (QED) is 0.789. The molecule has 0 aliphatic carbocycles. The predicted molar refractivity (Wildman–Crippen MR) is 69.6 cm³/mol. The first-order valence-corrected chi connectivity index (χ1v) is 6.63. The third-order valence-corrected chi connectivity index (χ3v) is 3.49. The van der Waals surface area contributed by atoms with E-state index in [0.717, 1.165) is 0 Å². The lowest BCUT2D eigenvalue weighted by Crippen LogP contribution is -2.24. The van der Waals surface area contributed by atoms with E-state index >= 15 is 0 Å². The second-order valence-corrected chi connectivity index (χ2v) is 6.49. The molecule has 1 aliphatic rings. The first-order chi connectivity index (χ1) is 8.47. The van der Waals surface area contributed by atoms with Crippen LogP contribution in [0.15, 0.2) is 24.3 Å². The summed E-state index contributed by atoms with van der Waals surface area (Å²) in [7, 11) is 0. The molecule has 0 aromatic heterocycles. The monoisotopic (exact) mass is 312 g/mol. The minimum absolute atomic E-state index is 0.176. The van der Waals surface area contributed by atoms with Crippen molar-refractivity contribution in [2.45, 2.75) is 29.0 Å². The van der Waals surface area contributed by atoms with Crippen LogP contribution in [0.4, 0.5) is 4.39 Å². The second kappa shape index (κ2) is 5.93. The molecule has 0 amide bonds. The summed E-state index contributed by atoms with van der Waals surface area (Å²) in [6.07, 6.45) is -0.163. The number of benzene rings is 1. The minimum atomic E-state index is -1.45. The zero-order chi connectivity index (χ0) is 13.2. The molecule has 1 heterocycles. The number of alkyl halides is 3. The Balaban J connectivity index is 1.84. The van der Waals surface area contributed by atoms with E-state index < -0.39 is 9.90 Å². The lowest BCUT2D eigenvalue weighted by Gasteiger charge is -2.18. The predicted octanol–water partition coefficient (Wildman–Crippen LogP) is 3.87. The molecule has 100 valence electrons. The van der Waals surface area contributed by atoms with Gasteiger partial charge in [0.2, 0.25) is 3.79 Å². The maximum absolute atomic E-state index is 13.4. The van der Waals surface area contributed by atoms with Crippen LogP contribution in [0.1, 0.15) is 12.0 Å². The van der Waals surface area contributed by atoms with Gasteiger partial charge < -0.3 is 9.47 Å². The smallest absolute Gasteiger partial charge is 0.216 e. The molecule has 1 aromatic rings. The van der Waals surface area contributed by atoms with Gasteiger partial charge in [0.05, 0.1) is 19.3 Å². The van der Waals surface area contributed by atoms with Crippen molar-refractivity contribution >= 4 is 34.8 Å². The van der Waals surface area contributed by atoms with Crippen LogP contribution < -0.4 is 0 Å². The van der Waals surface area contributed by atoms with E-state index in [4.69, 9.17) is 44.3 Å². The summed E-state index contributed by atoms with van der Waals surface area (Å²) >= 11 is 17.2. The van der Waals surface area contributed by atoms with Gasteiger partial charge in [0.1, 0.15) is 11.9 Å². The van der Waals surface area contributed by atoms with Gasteiger partial charge in [-0.25, -0.2) is 4.39 Å². The van der Waals surface area contributed by atoms with Gasteiger partial charge in [0.25, 0.3) is 0 Å². The first kappa shape index (κ1) is 14.4. The number of halogens is 4. The van der Waals surface area contributed by atoms with Crippen LogP contribution in [-0.2, 0) is 16.1 Å². The largest absolute Gasteiger partial charge is 0.371 e. The number of hydrogen-bond donors (Lipinski definition) is 0. The molecule has 2 rings (SSSR count). The van der Waals surface area contributed by atoms with Crippen molar-refractivity contribution in [3.8, 4) is 0 Å². The minimum Gasteiger partial charge on any atom is -0.371 e. The Hall–Kier alpha value is -0.0600. The van der Waals surface area contributed by atoms with E-state index in [9.17, 15) is 4.39 Å². The highest BCUT2D eigenvalue weighted by Gasteiger charge is 2.40. The summed E-state index contributed by atoms with van der Waals surface area (Å²) in [6, 6.07) is 6.47. The molecule has 0 bridgehead atoms. The Labute approximate surface area is 120 Å². The molecule has 6 heteroatoms. The molecule has 1 aromatic carbocycles. The summed E-state index contributed by atoms with van der Waals surface area (Å²) in [5, 5.41) is 0. The molecule has 1 fully saturated rings. The zero-order valence-electron chi connectivity index (χ0n) is 9.41. The Morgan fingerprint density at radius 2 is 2.06 bits per heavy atom. The average Bonchev–Trinajstić information content (AvgIpc) is 2.76. The van der Waals surface area contributed by atoms with E-state index in [0.29, 0.717) is 18.6 Å². The topological polar surface area (TPSA) is 18.5 Å². The fourth-order valence-corrected chi connectivity index (χ4v) is 2.22. The normalized spacial score (nSPS) is 24.4. The van der Waals surface area contributed by atoms with Crippen molar-refractivity contribution in [2.75, 3.05) is 6.61 Å². The fourth-order valence-electron chi connectivity index (χ4n) is 1.77. The van der Waals surface area contributed by atoms with Gasteiger partial charge in [0, 0.05) is 12.0 Å². The Kier molecular flexibility index (Phi) is 4.73. The highest BCUT2D eigenvalue weighted by atomic mass is 35.6. The van der Waals surface area contributed by atoms with Crippen LogP contribution in [0, 0.1) is 5.82 Å². The fraction of sp³-hybridized carbons (Fsp3) is 0.500. The number of rotatable bonds is 3. The molecule has 0 N–H and O–H groups in total. The molecular formula is C12H12Cl3FO2. The third kappa shape index (κ3) is 3.72. The average molecular weight is 314 g/mol. The summed E-state index contributed by atoms with van der Waals surface area (Å²) in [5.41, 5.74) is 0.509. The lowest BCUT2D eigenvalue weighted by atomic mass is 10.2. The van der Waals surface area contributed by atoms with Gasteiger partial charge >= 0.3 is 0 Å². The maximum Gasteiger partial charge on any atom is 0.216 e. The number of hydrogen-bond acceptors (Lipinski definition) is 2. The molecule has 18 heavy (non-hydrogen) atoms. The molecule has 0 saturated carbocycles. The summed E-state index contributed by atoms with van der Waals surface area (Å²) in [5.74, 6) is -0.283. The van der Waals surface area contributed by atoms with Gasteiger partial charge in [0.15, 0.2) is 0 Å². The second-order valence-electron chi connectivity index (χ2n) is 4.12. The lowest BCUT2D eigenvalue weighted by molar-refractivity contribution is 0.0267. The summed E-state index contributed by atoms with van der Waals surface area (Å²) in [4.78, 5) is 0. The highest BCUT2D eigenvalue weighted by molar-refractivity contribution is 6.68. The first-order valence-electron chi connectivity index (χ1n) is 5.50. The van der Waals surface area contributed by atoms with Crippen LogP contribution in [0.2, 0.25) is 0 Å². The van der Waals surface area contributed by atoms with Crippen molar-refractivity contribution in [2.24, 2.45) is 0 Å². The molecule has 2 unspecified atom stereocenters. The van der Waals surface area contributed by atoms with Gasteiger partial charge in [-0.1, -0.05) is 53.0 Å². The van der Waals surface area contributed by atoms with Crippen LogP contribution in [-0.4, -0.2) is 22.6 Å². The van der Waals surface area contributed by atoms with Crippen LogP contribution >= 0.6 is 34.8 Å². The Morgan fingerprint density at radius 1 is 1.33 bits per heavy atom. The van der Waals surface area contributed by atoms with Gasteiger partial charge in [-0.15, -0.1) is 0 Å². The Bertz CT molecular complexity index is 409. The standard InChI is InChI=1S/C12H12Cl3FO2/c13-12(14,15)11-5-9(7-18-11)17-6-8-3-1-2-4-10(8)16/h1-4,9,11H,5-7H2. The molecule has 2 atom stereocenters. The van der Waals surface area contributed by atoms with E-state index in [-0.39, 0.29) is 18.5 Å². The van der Waals surface area contributed by atoms with Crippen molar-refractivity contribution in [3.63, 3.8) is 0 Å². The summed E-state index contributed by atoms with van der Waals surface area (Å²) < 4.78 is 22.8. The molecule has 2 nitrogen and oxygen atoms in total. The van der Waals surface area contributed by atoms with E-state index in [1.165, 1.54) is 6.07 Å².